The molecule has 0 unspecified atom stereocenters. The van der Waals surface area contributed by atoms with Crippen LogP contribution >= 0.6 is 11.6 Å². The highest BCUT2D eigenvalue weighted by atomic mass is 35.5. The summed E-state index contributed by atoms with van der Waals surface area (Å²) in [5.41, 5.74) is -0.603. The van der Waals surface area contributed by atoms with Crippen molar-refractivity contribution in [3.63, 3.8) is 0 Å². The number of hydrogen-bond donors (Lipinski definition) is 2. The van der Waals surface area contributed by atoms with E-state index in [0.717, 1.165) is 0 Å². The van der Waals surface area contributed by atoms with E-state index in [2.05, 4.69) is 15.6 Å². The van der Waals surface area contributed by atoms with Crippen LogP contribution in [-0.2, 0) is 4.79 Å². The zero-order chi connectivity index (χ0) is 15.0. The van der Waals surface area contributed by atoms with E-state index in [4.69, 9.17) is 11.6 Å². The van der Waals surface area contributed by atoms with Gasteiger partial charge in [-0.05, 0) is 25.0 Å². The molecule has 0 aliphatic carbocycles. The van der Waals surface area contributed by atoms with Crippen LogP contribution in [0.3, 0.4) is 0 Å². The van der Waals surface area contributed by atoms with E-state index in [1.165, 1.54) is 12.3 Å². The number of hydrogen-bond acceptors (Lipinski definition) is 4. The van der Waals surface area contributed by atoms with Crippen molar-refractivity contribution in [3.8, 4) is 0 Å². The Morgan fingerprint density at radius 1 is 1.33 bits per heavy atom. The number of urea groups is 1. The van der Waals surface area contributed by atoms with Gasteiger partial charge in [-0.1, -0.05) is 11.6 Å². The van der Waals surface area contributed by atoms with E-state index in [-0.39, 0.29) is 17.5 Å². The first-order valence-electron chi connectivity index (χ1n) is 6.55. The predicted molar refractivity (Wildman–Crippen MR) is 73.8 cm³/mol. The van der Waals surface area contributed by atoms with Crippen molar-refractivity contribution in [2.75, 3.05) is 13.1 Å². The molecule has 0 atom stereocenters. The summed E-state index contributed by atoms with van der Waals surface area (Å²) < 4.78 is 0. The van der Waals surface area contributed by atoms with Gasteiger partial charge in [0.2, 0.25) is 0 Å². The summed E-state index contributed by atoms with van der Waals surface area (Å²) in [5.74, 6) is -0.544. The minimum atomic E-state index is -0.879. The Morgan fingerprint density at radius 2 is 2.05 bits per heavy atom. The summed E-state index contributed by atoms with van der Waals surface area (Å²) in [6.07, 6.45) is 2.25. The highest BCUT2D eigenvalue weighted by Crippen LogP contribution is 2.26. The van der Waals surface area contributed by atoms with Crippen molar-refractivity contribution in [3.05, 3.63) is 29.0 Å². The lowest BCUT2D eigenvalue weighted by Crippen LogP contribution is -2.55. The second kappa shape index (κ2) is 5.00. The van der Waals surface area contributed by atoms with Crippen molar-refractivity contribution >= 4 is 29.4 Å². The standard InChI is InChI=1S/C13H13ClN4O3/c14-8-1-4-15-9(7-8)10(19)18-5-2-13(3-6-18)11(20)16-12(21)17-13/h1,4,7H,2-3,5-6H2,(H2,16,17,20,21). The van der Waals surface area contributed by atoms with Gasteiger partial charge in [-0.2, -0.15) is 0 Å². The molecule has 1 spiro atoms. The van der Waals surface area contributed by atoms with Crippen LogP contribution in [0.1, 0.15) is 23.3 Å². The van der Waals surface area contributed by atoms with E-state index >= 15 is 0 Å². The number of piperidine rings is 1. The largest absolute Gasteiger partial charge is 0.337 e. The average molecular weight is 309 g/mol. The van der Waals surface area contributed by atoms with E-state index in [1.807, 2.05) is 0 Å². The second-order valence-electron chi connectivity index (χ2n) is 5.14. The smallest absolute Gasteiger partial charge is 0.322 e. The molecule has 8 heteroatoms. The first-order valence-corrected chi connectivity index (χ1v) is 6.92. The third kappa shape index (κ3) is 2.44. The van der Waals surface area contributed by atoms with E-state index in [1.54, 1.807) is 11.0 Å². The van der Waals surface area contributed by atoms with Crippen molar-refractivity contribution in [1.82, 2.24) is 20.5 Å². The molecule has 2 N–H and O–H groups in total. The number of halogens is 1. The first kappa shape index (κ1) is 13.8. The Balaban J connectivity index is 1.70. The first-order chi connectivity index (χ1) is 10.00. The van der Waals surface area contributed by atoms with Gasteiger partial charge in [0.1, 0.15) is 11.2 Å². The van der Waals surface area contributed by atoms with Crippen molar-refractivity contribution < 1.29 is 14.4 Å². The highest BCUT2D eigenvalue weighted by Gasteiger charge is 2.48. The van der Waals surface area contributed by atoms with Crippen LogP contribution < -0.4 is 10.6 Å². The lowest BCUT2D eigenvalue weighted by atomic mass is 9.87. The Hall–Kier alpha value is -2.15. The number of imide groups is 1. The monoisotopic (exact) mass is 308 g/mol. The maximum atomic E-state index is 12.3. The fourth-order valence-corrected chi connectivity index (χ4v) is 2.82. The number of amides is 4. The fraction of sp³-hybridized carbons (Fsp3) is 0.385. The topological polar surface area (TPSA) is 91.4 Å². The zero-order valence-electron chi connectivity index (χ0n) is 11.1. The van der Waals surface area contributed by atoms with Crippen LogP contribution in [0.15, 0.2) is 18.3 Å². The molecular weight excluding hydrogens is 296 g/mol. The third-order valence-electron chi connectivity index (χ3n) is 3.86. The van der Waals surface area contributed by atoms with Crippen LogP contribution in [0.25, 0.3) is 0 Å². The molecule has 2 aliphatic heterocycles. The fourth-order valence-electron chi connectivity index (χ4n) is 2.66. The molecule has 0 bridgehead atoms. The second-order valence-corrected chi connectivity index (χ2v) is 5.58. The molecule has 4 amide bonds. The molecule has 2 aliphatic rings. The van der Waals surface area contributed by atoms with Crippen molar-refractivity contribution in [1.29, 1.82) is 0 Å². The molecule has 1 aromatic heterocycles. The maximum absolute atomic E-state index is 12.3. The molecule has 2 fully saturated rings. The molecule has 3 rings (SSSR count). The number of nitrogens with zero attached hydrogens (tertiary/aromatic N) is 2. The van der Waals surface area contributed by atoms with Gasteiger partial charge >= 0.3 is 6.03 Å². The maximum Gasteiger partial charge on any atom is 0.322 e. The zero-order valence-corrected chi connectivity index (χ0v) is 11.8. The van der Waals surface area contributed by atoms with Gasteiger partial charge in [0, 0.05) is 24.3 Å². The Kier molecular flexibility index (Phi) is 3.29. The summed E-state index contributed by atoms with van der Waals surface area (Å²) in [5, 5.41) is 5.34. The minimum Gasteiger partial charge on any atom is -0.337 e. The molecule has 0 aromatic carbocycles. The van der Waals surface area contributed by atoms with Crippen LogP contribution in [0, 0.1) is 0 Å². The summed E-state index contributed by atoms with van der Waals surface area (Å²) in [6, 6.07) is 2.64. The van der Waals surface area contributed by atoms with Gasteiger partial charge in [-0.25, -0.2) is 4.79 Å². The van der Waals surface area contributed by atoms with Crippen LogP contribution in [0.4, 0.5) is 4.79 Å². The van der Waals surface area contributed by atoms with Gasteiger partial charge in [-0.15, -0.1) is 0 Å². The number of nitrogens with one attached hydrogen (secondary N) is 2. The molecule has 1 aromatic rings. The molecule has 2 saturated heterocycles. The lowest BCUT2D eigenvalue weighted by Gasteiger charge is -2.36. The number of carbonyl (C=O) groups is 3. The molecule has 0 radical (unpaired) electrons. The third-order valence-corrected chi connectivity index (χ3v) is 4.09. The molecule has 3 heterocycles. The van der Waals surface area contributed by atoms with Gasteiger partial charge in [0.25, 0.3) is 11.8 Å². The average Bonchev–Trinajstić information content (AvgIpc) is 2.73. The molecular formula is C13H13ClN4O3. The summed E-state index contributed by atoms with van der Waals surface area (Å²) >= 11 is 5.85. The lowest BCUT2D eigenvalue weighted by molar-refractivity contribution is -0.125. The normalized spacial score (nSPS) is 20.3. The van der Waals surface area contributed by atoms with Crippen LogP contribution in [0.2, 0.25) is 5.02 Å². The van der Waals surface area contributed by atoms with Crippen LogP contribution in [0.5, 0.6) is 0 Å². The van der Waals surface area contributed by atoms with Crippen LogP contribution in [-0.4, -0.2) is 46.4 Å². The Morgan fingerprint density at radius 3 is 2.62 bits per heavy atom. The molecule has 21 heavy (non-hydrogen) atoms. The highest BCUT2D eigenvalue weighted by molar-refractivity contribution is 6.30. The molecule has 0 saturated carbocycles. The molecule has 7 nitrogen and oxygen atoms in total. The van der Waals surface area contributed by atoms with Gasteiger partial charge in [0.15, 0.2) is 0 Å². The quantitative estimate of drug-likeness (QED) is 0.741. The predicted octanol–water partition coefficient (Wildman–Crippen LogP) is 0.549. The van der Waals surface area contributed by atoms with Crippen molar-refractivity contribution in [2.45, 2.75) is 18.4 Å². The molecule has 110 valence electrons. The van der Waals surface area contributed by atoms with E-state index < -0.39 is 11.6 Å². The van der Waals surface area contributed by atoms with Crippen molar-refractivity contribution in [2.24, 2.45) is 0 Å². The van der Waals surface area contributed by atoms with Gasteiger partial charge < -0.3 is 10.2 Å². The number of likely N-dealkylation sites (tertiary alicyclic amines) is 1. The Labute approximate surface area is 125 Å². The summed E-state index contributed by atoms with van der Waals surface area (Å²) in [6.45, 7) is 0.751. The Bertz CT molecular complexity index is 626. The summed E-state index contributed by atoms with van der Waals surface area (Å²) in [7, 11) is 0. The van der Waals surface area contributed by atoms with Gasteiger partial charge in [-0.3, -0.25) is 19.9 Å². The number of rotatable bonds is 1. The minimum absolute atomic E-state index is 0.225. The van der Waals surface area contributed by atoms with Gasteiger partial charge in [0.05, 0.1) is 0 Å². The number of pyridine rings is 1. The SMILES string of the molecule is O=C1NC(=O)C2(CCN(C(=O)c3cc(Cl)ccn3)CC2)N1. The van der Waals surface area contributed by atoms with E-state index in [9.17, 15) is 14.4 Å². The number of carbonyl (C=O) groups excluding carboxylic acids is 3. The van der Waals surface area contributed by atoms with E-state index in [0.29, 0.717) is 31.0 Å². The summed E-state index contributed by atoms with van der Waals surface area (Å²) in [4.78, 5) is 41.0. The number of aromatic nitrogens is 1.